The fraction of sp³-hybridized carbons (Fsp3) is 0.227. The van der Waals surface area contributed by atoms with Gasteiger partial charge in [0.05, 0.1) is 12.7 Å². The molecule has 0 bridgehead atoms. The summed E-state index contributed by atoms with van der Waals surface area (Å²) in [4.78, 5) is 14.6. The Morgan fingerprint density at radius 1 is 1.20 bits per heavy atom. The highest BCUT2D eigenvalue weighted by molar-refractivity contribution is 5.88. The molecule has 0 unspecified atom stereocenters. The van der Waals surface area contributed by atoms with Crippen molar-refractivity contribution in [2.24, 2.45) is 0 Å². The largest absolute Gasteiger partial charge is 0.464 e. The molecule has 25 heavy (non-hydrogen) atoms. The first kappa shape index (κ1) is 17.0. The molecule has 1 aromatic heterocycles. The Morgan fingerprint density at radius 2 is 2.00 bits per heavy atom. The highest BCUT2D eigenvalue weighted by Crippen LogP contribution is 2.23. The van der Waals surface area contributed by atoms with Crippen LogP contribution in [0.4, 0.5) is 0 Å². The Morgan fingerprint density at radius 3 is 2.76 bits per heavy atom. The van der Waals surface area contributed by atoms with Crippen molar-refractivity contribution in [2.45, 2.75) is 19.8 Å². The molecular formula is C22H23NO2. The van der Waals surface area contributed by atoms with E-state index >= 15 is 0 Å². The molecule has 3 aromatic rings. The first-order valence-corrected chi connectivity index (χ1v) is 8.56. The molecule has 0 atom stereocenters. The van der Waals surface area contributed by atoms with Gasteiger partial charge in [0.1, 0.15) is 5.58 Å². The zero-order valence-electron chi connectivity index (χ0n) is 14.6. The predicted molar refractivity (Wildman–Crippen MR) is 102 cm³/mol. The van der Waals surface area contributed by atoms with Gasteiger partial charge in [-0.05, 0) is 30.5 Å². The summed E-state index contributed by atoms with van der Waals surface area (Å²) in [5, 5.41) is 1.01. The quantitative estimate of drug-likeness (QED) is 0.595. The normalized spacial score (nSPS) is 10.8. The lowest BCUT2D eigenvalue weighted by Gasteiger charge is -2.21. The second kappa shape index (κ2) is 7.84. The van der Waals surface area contributed by atoms with E-state index in [1.807, 2.05) is 48.2 Å². The van der Waals surface area contributed by atoms with Crippen molar-refractivity contribution in [1.29, 1.82) is 0 Å². The number of nitrogens with zero attached hydrogens (tertiary/aromatic N) is 1. The van der Waals surface area contributed by atoms with Crippen LogP contribution in [0.5, 0.6) is 0 Å². The lowest BCUT2D eigenvalue weighted by molar-refractivity contribution is -0.129. The highest BCUT2D eigenvalue weighted by Gasteiger charge is 2.16. The maximum absolute atomic E-state index is 12.8. The summed E-state index contributed by atoms with van der Waals surface area (Å²) < 4.78 is 5.61. The number of carbonyl (C=O) groups is 1. The fourth-order valence-electron chi connectivity index (χ4n) is 2.98. The number of hydrogen-bond donors (Lipinski definition) is 0. The third kappa shape index (κ3) is 4.18. The van der Waals surface area contributed by atoms with E-state index in [-0.39, 0.29) is 5.91 Å². The van der Waals surface area contributed by atoms with Crippen LogP contribution < -0.4 is 0 Å². The number of rotatable bonds is 7. The third-order valence-electron chi connectivity index (χ3n) is 4.37. The van der Waals surface area contributed by atoms with E-state index in [4.69, 9.17) is 4.42 Å². The predicted octanol–water partition coefficient (Wildman–Crippen LogP) is 4.54. The van der Waals surface area contributed by atoms with Crippen molar-refractivity contribution < 1.29 is 9.21 Å². The lowest BCUT2D eigenvalue weighted by atomic mass is 10.1. The van der Waals surface area contributed by atoms with Gasteiger partial charge in [0.2, 0.25) is 5.91 Å². The second-order valence-electron chi connectivity index (χ2n) is 6.30. The Kier molecular flexibility index (Phi) is 5.34. The summed E-state index contributed by atoms with van der Waals surface area (Å²) in [6.45, 7) is 7.05. The number of aryl methyl sites for hydroxylation is 1. The van der Waals surface area contributed by atoms with Gasteiger partial charge < -0.3 is 9.32 Å². The summed E-state index contributed by atoms with van der Waals surface area (Å²) in [6.07, 6.45) is 4.66. The molecule has 0 aliphatic heterocycles. The molecule has 3 heteroatoms. The first-order valence-electron chi connectivity index (χ1n) is 8.56. The minimum Gasteiger partial charge on any atom is -0.464 e. The second-order valence-corrected chi connectivity index (χ2v) is 6.30. The van der Waals surface area contributed by atoms with Gasteiger partial charge in [0.15, 0.2) is 0 Å². The maximum Gasteiger partial charge on any atom is 0.227 e. The molecule has 0 fully saturated rings. The van der Waals surface area contributed by atoms with Crippen LogP contribution in [0, 0.1) is 6.92 Å². The van der Waals surface area contributed by atoms with E-state index < -0.39 is 0 Å². The van der Waals surface area contributed by atoms with Gasteiger partial charge in [-0.2, -0.15) is 0 Å². The van der Waals surface area contributed by atoms with Crippen LogP contribution in [0.2, 0.25) is 0 Å². The van der Waals surface area contributed by atoms with Crippen LogP contribution in [0.3, 0.4) is 0 Å². The van der Waals surface area contributed by atoms with Gasteiger partial charge in [0, 0.05) is 24.0 Å². The summed E-state index contributed by atoms with van der Waals surface area (Å²) in [5.41, 5.74) is 4.15. The number of amides is 1. The van der Waals surface area contributed by atoms with Crippen molar-refractivity contribution in [1.82, 2.24) is 4.90 Å². The van der Waals surface area contributed by atoms with Gasteiger partial charge in [-0.1, -0.05) is 48.5 Å². The number of furan rings is 1. The van der Waals surface area contributed by atoms with Gasteiger partial charge in [0.25, 0.3) is 0 Å². The molecule has 1 heterocycles. The molecule has 0 aliphatic rings. The van der Waals surface area contributed by atoms with Crippen molar-refractivity contribution >= 4 is 16.9 Å². The van der Waals surface area contributed by atoms with E-state index in [0.717, 1.165) is 28.5 Å². The average Bonchev–Trinajstić information content (AvgIpc) is 3.01. The molecule has 1 amide bonds. The monoisotopic (exact) mass is 333 g/mol. The summed E-state index contributed by atoms with van der Waals surface area (Å²) in [5.74, 6) is 0.0964. The molecule has 0 N–H and O–H groups in total. The van der Waals surface area contributed by atoms with E-state index in [2.05, 4.69) is 18.7 Å². The van der Waals surface area contributed by atoms with E-state index in [0.29, 0.717) is 19.5 Å². The molecule has 0 spiro atoms. The van der Waals surface area contributed by atoms with Crippen LogP contribution in [-0.2, 0) is 17.6 Å². The third-order valence-corrected chi connectivity index (χ3v) is 4.37. The van der Waals surface area contributed by atoms with Gasteiger partial charge in [-0.15, -0.1) is 6.58 Å². The van der Waals surface area contributed by atoms with Crippen LogP contribution in [-0.4, -0.2) is 23.9 Å². The number of hydrogen-bond acceptors (Lipinski definition) is 2. The van der Waals surface area contributed by atoms with E-state index in [1.54, 1.807) is 12.3 Å². The molecule has 0 aliphatic carbocycles. The van der Waals surface area contributed by atoms with Gasteiger partial charge in [-0.3, -0.25) is 4.79 Å². The fourth-order valence-corrected chi connectivity index (χ4v) is 2.98. The summed E-state index contributed by atoms with van der Waals surface area (Å²) >= 11 is 0. The number of benzene rings is 2. The van der Waals surface area contributed by atoms with Crippen molar-refractivity contribution in [2.75, 3.05) is 13.1 Å². The topological polar surface area (TPSA) is 33.5 Å². The zero-order chi connectivity index (χ0) is 17.6. The molecule has 0 saturated heterocycles. The molecule has 2 aromatic carbocycles. The molecular weight excluding hydrogens is 310 g/mol. The minimum atomic E-state index is 0.0964. The van der Waals surface area contributed by atoms with Crippen LogP contribution >= 0.6 is 0 Å². The van der Waals surface area contributed by atoms with Crippen LogP contribution in [0.1, 0.15) is 16.7 Å². The minimum absolute atomic E-state index is 0.0964. The van der Waals surface area contributed by atoms with Gasteiger partial charge in [-0.25, -0.2) is 0 Å². The molecule has 0 saturated carbocycles. The summed E-state index contributed by atoms with van der Waals surface area (Å²) in [7, 11) is 0. The van der Waals surface area contributed by atoms with Crippen molar-refractivity contribution in [3.8, 4) is 0 Å². The molecule has 3 nitrogen and oxygen atoms in total. The van der Waals surface area contributed by atoms with E-state index in [9.17, 15) is 4.79 Å². The van der Waals surface area contributed by atoms with Crippen LogP contribution in [0.25, 0.3) is 11.0 Å². The van der Waals surface area contributed by atoms with E-state index in [1.165, 1.54) is 5.56 Å². The Labute approximate surface area is 148 Å². The average molecular weight is 333 g/mol. The Balaban J connectivity index is 1.70. The standard InChI is InChI=1S/C22H23NO2/c1-3-12-23(13-11-18-7-5-4-6-8-18)22(24)15-19-16-25-21-14-17(2)9-10-20(19)21/h3-10,14,16H,1,11-13,15H2,2H3. The molecule has 3 rings (SSSR count). The van der Waals surface area contributed by atoms with Crippen molar-refractivity contribution in [3.05, 3.63) is 84.1 Å². The lowest BCUT2D eigenvalue weighted by Crippen LogP contribution is -2.34. The summed E-state index contributed by atoms with van der Waals surface area (Å²) in [6, 6.07) is 16.3. The van der Waals surface area contributed by atoms with Gasteiger partial charge >= 0.3 is 0 Å². The number of fused-ring (bicyclic) bond motifs is 1. The maximum atomic E-state index is 12.8. The highest BCUT2D eigenvalue weighted by atomic mass is 16.3. The van der Waals surface area contributed by atoms with Crippen molar-refractivity contribution in [3.63, 3.8) is 0 Å². The Bertz CT molecular complexity index is 864. The number of carbonyl (C=O) groups excluding carboxylic acids is 1. The Hall–Kier alpha value is -2.81. The van der Waals surface area contributed by atoms with Crippen LogP contribution in [0.15, 0.2) is 71.9 Å². The first-order chi connectivity index (χ1) is 12.2. The molecule has 128 valence electrons. The molecule has 0 radical (unpaired) electrons. The smallest absolute Gasteiger partial charge is 0.227 e. The zero-order valence-corrected chi connectivity index (χ0v) is 14.6. The SMILES string of the molecule is C=CCN(CCc1ccccc1)C(=O)Cc1coc2cc(C)ccc12.